The zero-order valence-electron chi connectivity index (χ0n) is 26.0. The number of fused-ring (bicyclic) bond motifs is 1. The van der Waals surface area contributed by atoms with Crippen molar-refractivity contribution in [1.82, 2.24) is 14.9 Å². The molecule has 1 amide bonds. The molecule has 47 heavy (non-hydrogen) atoms. The second-order valence-corrected chi connectivity index (χ2v) is 12.0. The Morgan fingerprint density at radius 2 is 1.98 bits per heavy atom. The number of aliphatic hydroxyl groups excluding tert-OH is 1. The van der Waals surface area contributed by atoms with Crippen molar-refractivity contribution >= 4 is 57.1 Å². The molecule has 3 heterocycles. The highest BCUT2D eigenvalue weighted by Crippen LogP contribution is 2.37. The molecule has 4 aromatic rings. The normalized spacial score (nSPS) is 14.5. The van der Waals surface area contributed by atoms with Gasteiger partial charge >= 0.3 is 0 Å². The molecule has 1 saturated heterocycles. The number of piperidine rings is 1. The van der Waals surface area contributed by atoms with E-state index in [1.807, 2.05) is 31.2 Å². The highest BCUT2D eigenvalue weighted by Gasteiger charge is 2.32. The number of aliphatic hydroxyl groups is 1. The van der Waals surface area contributed by atoms with E-state index in [0.717, 1.165) is 31.6 Å². The zero-order chi connectivity index (χ0) is 33.2. The number of anilines is 3. The predicted molar refractivity (Wildman–Crippen MR) is 185 cm³/mol. The first kappa shape index (κ1) is 33.9. The first-order valence-corrected chi connectivity index (χ1v) is 16.2. The molecule has 244 valence electrons. The van der Waals surface area contributed by atoms with Gasteiger partial charge in [-0.1, -0.05) is 23.7 Å². The number of nitrogens with zero attached hydrogens (tertiary/aromatic N) is 4. The molecular weight excluding hydrogens is 639 g/mol. The standard InChI is InChI=1S/C35H36Cl2N6O4/c1-2-46-32-18-29-27(17-30(32)42-33(45)7-5-13-43-14-10-35(22-36,23-44)11-15-43)34(24(19-38)20-40-29)41-25-8-9-31(28(37)16-25)47-21-26-6-3-4-12-39-26/h3-9,12,16-18,20,44H,2,10-11,13-15,21-23H2,1H3,(H,40,41)(H,42,45). The van der Waals surface area contributed by atoms with Crippen LogP contribution < -0.4 is 20.1 Å². The lowest BCUT2D eigenvalue weighted by Crippen LogP contribution is -2.43. The molecule has 3 N–H and O–H groups in total. The van der Waals surface area contributed by atoms with Gasteiger partial charge in [0.2, 0.25) is 5.91 Å². The van der Waals surface area contributed by atoms with E-state index >= 15 is 0 Å². The third-order valence-electron chi connectivity index (χ3n) is 8.12. The lowest BCUT2D eigenvalue weighted by Gasteiger charge is -2.39. The van der Waals surface area contributed by atoms with Crippen LogP contribution in [0.25, 0.3) is 10.9 Å². The number of pyridine rings is 2. The molecule has 5 rings (SSSR count). The Hall–Kier alpha value is -4.40. The Bertz CT molecular complexity index is 1770. The number of rotatable bonds is 13. The second-order valence-electron chi connectivity index (χ2n) is 11.3. The molecule has 0 spiro atoms. The third-order valence-corrected chi connectivity index (χ3v) is 8.98. The summed E-state index contributed by atoms with van der Waals surface area (Å²) in [6, 6.07) is 16.5. The fraction of sp³-hybridized carbons (Fsp3) is 0.314. The molecule has 2 aromatic heterocycles. The molecule has 10 nitrogen and oxygen atoms in total. The van der Waals surface area contributed by atoms with Crippen LogP contribution in [0.2, 0.25) is 5.02 Å². The first-order valence-electron chi connectivity index (χ1n) is 15.3. The van der Waals surface area contributed by atoms with E-state index in [9.17, 15) is 15.2 Å². The molecule has 1 aliphatic heterocycles. The second kappa shape index (κ2) is 15.9. The Kier molecular flexibility index (Phi) is 11.5. The van der Waals surface area contributed by atoms with Gasteiger partial charge in [-0.3, -0.25) is 19.7 Å². The number of carbonyl (C=O) groups excluding carboxylic acids is 1. The Balaban J connectivity index is 1.33. The van der Waals surface area contributed by atoms with E-state index in [4.69, 9.17) is 32.7 Å². The maximum absolute atomic E-state index is 13.0. The van der Waals surface area contributed by atoms with E-state index in [-0.39, 0.29) is 24.5 Å². The zero-order valence-corrected chi connectivity index (χ0v) is 27.5. The average Bonchev–Trinajstić information content (AvgIpc) is 3.09. The summed E-state index contributed by atoms with van der Waals surface area (Å²) in [4.78, 5) is 24.0. The molecule has 2 aromatic carbocycles. The van der Waals surface area contributed by atoms with Crippen LogP contribution in [0.15, 0.2) is 73.1 Å². The highest BCUT2D eigenvalue weighted by molar-refractivity contribution is 6.32. The van der Waals surface area contributed by atoms with Crippen molar-refractivity contribution < 1.29 is 19.4 Å². The van der Waals surface area contributed by atoms with Crippen molar-refractivity contribution in [2.45, 2.75) is 26.4 Å². The van der Waals surface area contributed by atoms with Gasteiger partial charge in [0.1, 0.15) is 24.2 Å². The number of halogens is 2. The number of hydrogen-bond donors (Lipinski definition) is 3. The Morgan fingerprint density at radius 3 is 2.66 bits per heavy atom. The fourth-order valence-electron chi connectivity index (χ4n) is 5.31. The smallest absolute Gasteiger partial charge is 0.248 e. The quantitative estimate of drug-likeness (QED) is 0.105. The number of nitrogens with one attached hydrogen (secondary N) is 2. The molecule has 0 unspecified atom stereocenters. The van der Waals surface area contributed by atoms with Crippen LogP contribution in [0.5, 0.6) is 11.5 Å². The van der Waals surface area contributed by atoms with E-state index in [1.165, 1.54) is 12.3 Å². The van der Waals surface area contributed by atoms with Crippen molar-refractivity contribution in [2.75, 3.05) is 49.4 Å². The van der Waals surface area contributed by atoms with Gasteiger partial charge < -0.3 is 25.2 Å². The summed E-state index contributed by atoms with van der Waals surface area (Å²) in [6.07, 6.45) is 8.13. The fourth-order valence-corrected chi connectivity index (χ4v) is 5.90. The summed E-state index contributed by atoms with van der Waals surface area (Å²) in [7, 11) is 0. The van der Waals surface area contributed by atoms with Gasteiger partial charge in [0.25, 0.3) is 0 Å². The van der Waals surface area contributed by atoms with Gasteiger partial charge in [-0.05, 0) is 69.3 Å². The summed E-state index contributed by atoms with van der Waals surface area (Å²) in [5.74, 6) is 1.07. The third kappa shape index (κ3) is 8.50. The minimum Gasteiger partial charge on any atom is -0.492 e. The number of carbonyl (C=O) groups is 1. The van der Waals surface area contributed by atoms with Crippen molar-refractivity contribution in [3.05, 3.63) is 89.4 Å². The molecule has 0 atom stereocenters. The number of alkyl halides is 1. The largest absolute Gasteiger partial charge is 0.492 e. The van der Waals surface area contributed by atoms with E-state index in [0.29, 0.717) is 69.1 Å². The van der Waals surface area contributed by atoms with Crippen LogP contribution in [-0.4, -0.2) is 64.6 Å². The topological polar surface area (TPSA) is 133 Å². The molecular formula is C35H36Cl2N6O4. The molecule has 0 radical (unpaired) electrons. The minimum absolute atomic E-state index is 0.0847. The van der Waals surface area contributed by atoms with E-state index in [1.54, 1.807) is 36.5 Å². The molecule has 0 bridgehead atoms. The van der Waals surface area contributed by atoms with E-state index < -0.39 is 0 Å². The highest BCUT2D eigenvalue weighted by atomic mass is 35.5. The maximum Gasteiger partial charge on any atom is 0.248 e. The van der Waals surface area contributed by atoms with Crippen LogP contribution in [0.3, 0.4) is 0 Å². The number of benzene rings is 2. The minimum atomic E-state index is -0.320. The monoisotopic (exact) mass is 674 g/mol. The number of amides is 1. The SMILES string of the molecule is CCOc1cc2ncc(C#N)c(Nc3ccc(OCc4ccccn4)c(Cl)c3)c2cc1NC(=O)C=CCN1CCC(CO)(CCl)CC1. The lowest BCUT2D eigenvalue weighted by atomic mass is 9.81. The average molecular weight is 676 g/mol. The van der Waals surface area contributed by atoms with Crippen molar-refractivity contribution in [1.29, 1.82) is 5.26 Å². The molecule has 1 fully saturated rings. The summed E-state index contributed by atoms with van der Waals surface area (Å²) < 4.78 is 11.7. The summed E-state index contributed by atoms with van der Waals surface area (Å²) >= 11 is 12.7. The van der Waals surface area contributed by atoms with Crippen LogP contribution in [0.4, 0.5) is 17.1 Å². The number of nitriles is 1. The molecule has 0 saturated carbocycles. The Labute approximate surface area is 283 Å². The van der Waals surface area contributed by atoms with Gasteiger partial charge in [0.15, 0.2) is 0 Å². The van der Waals surface area contributed by atoms with Crippen LogP contribution in [-0.2, 0) is 11.4 Å². The van der Waals surface area contributed by atoms with Gasteiger partial charge in [-0.25, -0.2) is 0 Å². The maximum atomic E-state index is 13.0. The molecule has 12 heteroatoms. The summed E-state index contributed by atoms with van der Waals surface area (Å²) in [6.45, 7) is 4.80. The van der Waals surface area contributed by atoms with Crippen LogP contribution in [0.1, 0.15) is 31.0 Å². The number of hydrogen-bond acceptors (Lipinski definition) is 9. The van der Waals surface area contributed by atoms with Crippen LogP contribution in [0, 0.1) is 16.7 Å². The number of ether oxygens (including phenoxy) is 2. The van der Waals surface area contributed by atoms with Gasteiger partial charge in [0, 0.05) is 60.1 Å². The number of likely N-dealkylation sites (tertiary alicyclic amines) is 1. The number of aromatic nitrogens is 2. The van der Waals surface area contributed by atoms with Gasteiger partial charge in [0.05, 0.1) is 39.8 Å². The van der Waals surface area contributed by atoms with Crippen molar-refractivity contribution in [3.63, 3.8) is 0 Å². The van der Waals surface area contributed by atoms with Gasteiger partial charge in [-0.2, -0.15) is 5.26 Å². The summed E-state index contributed by atoms with van der Waals surface area (Å²) in [5.41, 5.74) is 3.02. The van der Waals surface area contributed by atoms with Gasteiger partial charge in [-0.15, -0.1) is 11.6 Å². The summed E-state index contributed by atoms with van der Waals surface area (Å²) in [5, 5.41) is 26.9. The lowest BCUT2D eigenvalue weighted by molar-refractivity contribution is -0.111. The van der Waals surface area contributed by atoms with Crippen molar-refractivity contribution in [2.24, 2.45) is 5.41 Å². The van der Waals surface area contributed by atoms with E-state index in [2.05, 4.69) is 31.6 Å². The molecule has 0 aliphatic carbocycles. The Morgan fingerprint density at radius 1 is 1.15 bits per heavy atom. The molecule has 1 aliphatic rings. The first-order chi connectivity index (χ1) is 22.9. The van der Waals surface area contributed by atoms with Crippen molar-refractivity contribution in [3.8, 4) is 17.6 Å². The predicted octanol–water partition coefficient (Wildman–Crippen LogP) is 6.68. The van der Waals surface area contributed by atoms with Crippen LogP contribution >= 0.6 is 23.2 Å².